The van der Waals surface area contributed by atoms with E-state index in [2.05, 4.69) is 14.5 Å². The summed E-state index contributed by atoms with van der Waals surface area (Å²) in [6, 6.07) is -0.0139. The summed E-state index contributed by atoms with van der Waals surface area (Å²) in [5, 5.41) is 2.65. The summed E-state index contributed by atoms with van der Waals surface area (Å²) < 4.78 is 4.45. The monoisotopic (exact) mass is 96.0 g/mol. The second kappa shape index (κ2) is 1.51. The van der Waals surface area contributed by atoms with E-state index >= 15 is 0 Å². The fourth-order valence-electron chi connectivity index (χ4n) is 0.265. The Bertz CT molecular complexity index is 145. The van der Waals surface area contributed by atoms with Gasteiger partial charge in [0.1, 0.15) is 6.26 Å². The molecule has 0 unspecified atom stereocenters. The molecule has 4 nitrogen and oxygen atoms in total. The first-order chi connectivity index (χ1) is 3.43. The van der Waals surface area contributed by atoms with E-state index in [0.29, 0.717) is 0 Å². The van der Waals surface area contributed by atoms with E-state index in [-0.39, 0.29) is 6.01 Å². The second-order valence-electron chi connectivity index (χ2n) is 0.915. The van der Waals surface area contributed by atoms with Gasteiger partial charge in [-0.05, 0) is 5.53 Å². The summed E-state index contributed by atoms with van der Waals surface area (Å²) in [5.41, 5.74) is 7.90. The predicted octanol–water partition coefficient (Wildman–Crippen LogP) is 0.558. The number of rotatable bonds is 1. The molecule has 0 aliphatic carbocycles. The first-order valence-electron chi connectivity index (χ1n) is 1.68. The minimum absolute atomic E-state index is 0.0139. The van der Waals surface area contributed by atoms with Crippen molar-refractivity contribution >= 4 is 6.01 Å². The van der Waals surface area contributed by atoms with Crippen LogP contribution >= 0.6 is 0 Å². The molecule has 0 aliphatic rings. The molecular weight excluding hydrogens is 94.1 g/mol. The Labute approximate surface area is 39.7 Å². The van der Waals surface area contributed by atoms with Gasteiger partial charge in [0.15, 0.2) is 0 Å². The third-order valence-corrected chi connectivity index (χ3v) is 0.505. The van der Waals surface area contributed by atoms with Gasteiger partial charge in [-0.3, -0.25) is 0 Å². The van der Waals surface area contributed by atoms with Crippen LogP contribution in [0.2, 0.25) is 0 Å². The SMILES string of the molecule is [N]=Nc1ncco1. The zero-order valence-corrected chi connectivity index (χ0v) is 3.40. The zero-order chi connectivity index (χ0) is 5.11. The molecule has 1 heterocycles. The number of hydrogen-bond donors (Lipinski definition) is 0. The van der Waals surface area contributed by atoms with E-state index in [1.54, 1.807) is 0 Å². The fraction of sp³-hybridized carbons (Fsp3) is 0. The highest BCUT2D eigenvalue weighted by Crippen LogP contribution is 2.02. The molecule has 0 amide bonds. The van der Waals surface area contributed by atoms with E-state index in [1.165, 1.54) is 12.5 Å². The van der Waals surface area contributed by atoms with Crippen LogP contribution in [0.5, 0.6) is 0 Å². The highest BCUT2D eigenvalue weighted by Gasteiger charge is 1.86. The molecule has 0 saturated heterocycles. The Kier molecular flexibility index (Phi) is 0.856. The van der Waals surface area contributed by atoms with Gasteiger partial charge in [-0.1, -0.05) is 5.11 Å². The van der Waals surface area contributed by atoms with Gasteiger partial charge < -0.3 is 4.42 Å². The molecule has 7 heavy (non-hydrogen) atoms. The molecule has 4 heteroatoms. The van der Waals surface area contributed by atoms with Crippen molar-refractivity contribution in [3.63, 3.8) is 0 Å². The molecule has 1 aromatic heterocycles. The zero-order valence-electron chi connectivity index (χ0n) is 3.40. The summed E-state index contributed by atoms with van der Waals surface area (Å²) in [5.74, 6) is 0. The topological polar surface area (TPSA) is 60.7 Å². The summed E-state index contributed by atoms with van der Waals surface area (Å²) in [6.45, 7) is 0. The highest BCUT2D eigenvalue weighted by molar-refractivity contribution is 5.02. The van der Waals surface area contributed by atoms with Crippen molar-refractivity contribution in [3.8, 4) is 0 Å². The average Bonchev–Trinajstić information content (AvgIpc) is 2.14. The highest BCUT2D eigenvalue weighted by atomic mass is 16.4. The first-order valence-corrected chi connectivity index (χ1v) is 1.68. The van der Waals surface area contributed by atoms with Gasteiger partial charge in [-0.25, -0.2) is 0 Å². The molecule has 0 aromatic carbocycles. The van der Waals surface area contributed by atoms with Crippen LogP contribution in [0.1, 0.15) is 0 Å². The van der Waals surface area contributed by atoms with Gasteiger partial charge in [0.2, 0.25) is 0 Å². The van der Waals surface area contributed by atoms with Crippen molar-refractivity contribution in [2.75, 3.05) is 0 Å². The molecule has 0 atom stereocenters. The maximum Gasteiger partial charge on any atom is 0.342 e. The lowest BCUT2D eigenvalue weighted by Gasteiger charge is -1.67. The Hall–Kier alpha value is -1.19. The summed E-state index contributed by atoms with van der Waals surface area (Å²) in [6.07, 6.45) is 2.73. The maximum absolute atomic E-state index is 7.90. The van der Waals surface area contributed by atoms with Crippen molar-refractivity contribution < 1.29 is 4.42 Å². The van der Waals surface area contributed by atoms with Gasteiger partial charge in [-0.15, -0.1) is 0 Å². The third-order valence-electron chi connectivity index (χ3n) is 0.505. The Morgan fingerprint density at radius 3 is 3.00 bits per heavy atom. The van der Waals surface area contributed by atoms with Crippen LogP contribution in [-0.4, -0.2) is 4.98 Å². The third kappa shape index (κ3) is 0.623. The van der Waals surface area contributed by atoms with E-state index in [1.807, 2.05) is 0 Å². The molecular formula is C3H2N3O. The Balaban J connectivity index is 2.96. The lowest BCUT2D eigenvalue weighted by molar-refractivity contribution is 0.564. The molecule has 0 N–H and O–H groups in total. The minimum Gasteiger partial charge on any atom is -0.430 e. The molecule has 1 aromatic rings. The molecule has 0 bridgehead atoms. The maximum atomic E-state index is 7.90. The van der Waals surface area contributed by atoms with Gasteiger partial charge >= 0.3 is 6.01 Å². The summed E-state index contributed by atoms with van der Waals surface area (Å²) in [4.78, 5) is 3.45. The molecule has 1 radical (unpaired) electrons. The quantitative estimate of drug-likeness (QED) is 0.479. The van der Waals surface area contributed by atoms with E-state index in [9.17, 15) is 0 Å². The smallest absolute Gasteiger partial charge is 0.342 e. The van der Waals surface area contributed by atoms with Crippen LogP contribution in [0.3, 0.4) is 0 Å². The molecule has 0 fully saturated rings. The van der Waals surface area contributed by atoms with Crippen LogP contribution in [0, 0.1) is 0 Å². The molecule has 35 valence electrons. The van der Waals surface area contributed by atoms with Crippen LogP contribution in [0.15, 0.2) is 22.0 Å². The predicted molar refractivity (Wildman–Crippen MR) is 20.7 cm³/mol. The first kappa shape index (κ1) is 3.98. The van der Waals surface area contributed by atoms with Gasteiger partial charge in [-0.2, -0.15) is 4.98 Å². The standard InChI is InChI=1S/C3H2N3O/c4-6-3-5-1-2-7-3/h1-2H. The number of nitrogens with zero attached hydrogens (tertiary/aromatic N) is 3. The normalized spacial score (nSPS) is 8.57. The molecule has 0 spiro atoms. The van der Waals surface area contributed by atoms with Gasteiger partial charge in [0, 0.05) is 0 Å². The molecule has 0 aliphatic heterocycles. The van der Waals surface area contributed by atoms with E-state index < -0.39 is 0 Å². The minimum atomic E-state index is -0.0139. The Morgan fingerprint density at radius 1 is 1.86 bits per heavy atom. The number of oxazole rings is 1. The van der Waals surface area contributed by atoms with Crippen molar-refractivity contribution in [3.05, 3.63) is 12.5 Å². The van der Waals surface area contributed by atoms with Crippen LogP contribution in [-0.2, 0) is 0 Å². The van der Waals surface area contributed by atoms with Crippen molar-refractivity contribution in [2.45, 2.75) is 0 Å². The van der Waals surface area contributed by atoms with Gasteiger partial charge in [0.05, 0.1) is 6.20 Å². The van der Waals surface area contributed by atoms with E-state index in [4.69, 9.17) is 5.53 Å². The lowest BCUT2D eigenvalue weighted by atomic mass is 11.0. The number of aromatic nitrogens is 1. The van der Waals surface area contributed by atoms with Crippen LogP contribution in [0.25, 0.3) is 0 Å². The van der Waals surface area contributed by atoms with E-state index in [0.717, 1.165) is 0 Å². The van der Waals surface area contributed by atoms with Crippen LogP contribution in [0.4, 0.5) is 6.01 Å². The summed E-state index contributed by atoms with van der Waals surface area (Å²) >= 11 is 0. The fourth-order valence-corrected chi connectivity index (χ4v) is 0.265. The lowest BCUT2D eigenvalue weighted by Crippen LogP contribution is -1.54. The number of hydrogen-bond acceptors (Lipinski definition) is 3. The van der Waals surface area contributed by atoms with Gasteiger partial charge in [0.25, 0.3) is 0 Å². The molecule has 1 rings (SSSR count). The average molecular weight is 96.1 g/mol. The van der Waals surface area contributed by atoms with Crippen molar-refractivity contribution in [1.82, 2.24) is 10.5 Å². The Morgan fingerprint density at radius 2 is 2.71 bits per heavy atom. The van der Waals surface area contributed by atoms with Crippen molar-refractivity contribution in [2.24, 2.45) is 5.11 Å². The largest absolute Gasteiger partial charge is 0.430 e. The molecule has 0 saturated carbocycles. The summed E-state index contributed by atoms with van der Waals surface area (Å²) in [7, 11) is 0. The van der Waals surface area contributed by atoms with Crippen molar-refractivity contribution in [1.29, 1.82) is 0 Å². The second-order valence-corrected chi connectivity index (χ2v) is 0.915. The van der Waals surface area contributed by atoms with Crippen LogP contribution < -0.4 is 5.53 Å².